The van der Waals surface area contributed by atoms with E-state index in [0.29, 0.717) is 11.5 Å². The Balaban J connectivity index is 2.07. The predicted octanol–water partition coefficient (Wildman–Crippen LogP) is 1.40. The second-order valence-electron chi connectivity index (χ2n) is 3.51. The Morgan fingerprint density at radius 2 is 2.21 bits per heavy atom. The molecule has 19 heavy (non-hydrogen) atoms. The Morgan fingerprint density at radius 1 is 1.37 bits per heavy atom. The number of nitrogens with zero attached hydrogens (tertiary/aromatic N) is 4. The molecule has 0 unspecified atom stereocenters. The first-order chi connectivity index (χ1) is 9.20. The van der Waals surface area contributed by atoms with Crippen molar-refractivity contribution in [1.82, 2.24) is 15.0 Å². The first-order valence-corrected chi connectivity index (χ1v) is 5.41. The van der Waals surface area contributed by atoms with Crippen LogP contribution in [-0.2, 0) is 6.61 Å². The Labute approximate surface area is 108 Å². The number of hydrogen-bond donors (Lipinski definition) is 1. The number of nitrogens with one attached hydrogen (secondary N) is 1. The molecule has 0 aliphatic carbocycles. The third-order valence-electron chi connectivity index (χ3n) is 2.26. The van der Waals surface area contributed by atoms with Gasteiger partial charge in [0.2, 0.25) is 5.75 Å². The van der Waals surface area contributed by atoms with Crippen LogP contribution in [0, 0.1) is 10.1 Å². The number of ether oxygens (including phenoxy) is 1. The van der Waals surface area contributed by atoms with Crippen LogP contribution in [0.5, 0.6) is 5.75 Å². The van der Waals surface area contributed by atoms with E-state index in [1.54, 1.807) is 19.3 Å². The van der Waals surface area contributed by atoms with E-state index in [1.807, 2.05) is 0 Å². The maximum Gasteiger partial charge on any atom is 0.406 e. The summed E-state index contributed by atoms with van der Waals surface area (Å²) in [5.74, 6) is 0.422. The van der Waals surface area contributed by atoms with Gasteiger partial charge in [0.15, 0.2) is 0 Å². The standard InChI is InChI=1S/C11H11N5O3/c1-12-10-6-14-8(5-15-10)7-19-9-3-2-4-13-11(9)16(17)18/h2-6H,7H2,1H3,(H,12,15). The number of anilines is 1. The lowest BCUT2D eigenvalue weighted by Crippen LogP contribution is -2.03. The first kappa shape index (κ1) is 12.7. The van der Waals surface area contributed by atoms with Gasteiger partial charge >= 0.3 is 5.82 Å². The summed E-state index contributed by atoms with van der Waals surface area (Å²) >= 11 is 0. The third-order valence-corrected chi connectivity index (χ3v) is 2.26. The van der Waals surface area contributed by atoms with Crippen LogP contribution in [0.25, 0.3) is 0 Å². The minimum atomic E-state index is -0.592. The zero-order valence-corrected chi connectivity index (χ0v) is 10.1. The Kier molecular flexibility index (Phi) is 3.81. The van der Waals surface area contributed by atoms with E-state index in [1.165, 1.54) is 18.5 Å². The molecule has 8 nitrogen and oxygen atoms in total. The number of hydrogen-bond acceptors (Lipinski definition) is 7. The van der Waals surface area contributed by atoms with Gasteiger partial charge in [-0.1, -0.05) is 0 Å². The van der Waals surface area contributed by atoms with E-state index < -0.39 is 4.92 Å². The molecule has 0 saturated heterocycles. The number of pyridine rings is 1. The van der Waals surface area contributed by atoms with Crippen LogP contribution in [0.15, 0.2) is 30.7 Å². The number of rotatable bonds is 5. The largest absolute Gasteiger partial charge is 0.479 e. The lowest BCUT2D eigenvalue weighted by Gasteiger charge is -2.05. The van der Waals surface area contributed by atoms with E-state index in [9.17, 15) is 10.1 Å². The normalized spacial score (nSPS) is 9.95. The Hall–Kier alpha value is -2.77. The van der Waals surface area contributed by atoms with E-state index in [4.69, 9.17) is 4.74 Å². The topological polar surface area (TPSA) is 103 Å². The van der Waals surface area contributed by atoms with Gasteiger partial charge in [-0.05, 0) is 22.0 Å². The Morgan fingerprint density at radius 3 is 2.84 bits per heavy atom. The molecule has 2 heterocycles. The molecule has 0 spiro atoms. The highest BCUT2D eigenvalue weighted by Crippen LogP contribution is 2.23. The highest BCUT2D eigenvalue weighted by atomic mass is 16.6. The molecule has 0 aromatic carbocycles. The van der Waals surface area contributed by atoms with Gasteiger partial charge in [-0.3, -0.25) is 4.98 Å². The van der Waals surface area contributed by atoms with Crippen LogP contribution in [0.2, 0.25) is 0 Å². The molecular weight excluding hydrogens is 250 g/mol. The molecule has 0 aliphatic heterocycles. The van der Waals surface area contributed by atoms with Crippen molar-refractivity contribution in [2.24, 2.45) is 0 Å². The molecule has 0 radical (unpaired) electrons. The van der Waals surface area contributed by atoms with Gasteiger partial charge in [-0.25, -0.2) is 4.98 Å². The summed E-state index contributed by atoms with van der Waals surface area (Å²) in [4.78, 5) is 22.0. The van der Waals surface area contributed by atoms with Crippen LogP contribution in [0.1, 0.15) is 5.69 Å². The molecule has 8 heteroatoms. The summed E-state index contributed by atoms with van der Waals surface area (Å²) in [5.41, 5.74) is 0.567. The molecule has 0 amide bonds. The quantitative estimate of drug-likeness (QED) is 0.640. The summed E-state index contributed by atoms with van der Waals surface area (Å²) in [7, 11) is 1.74. The van der Waals surface area contributed by atoms with E-state index in [2.05, 4.69) is 20.3 Å². The monoisotopic (exact) mass is 261 g/mol. The predicted molar refractivity (Wildman–Crippen MR) is 66.8 cm³/mol. The van der Waals surface area contributed by atoms with Gasteiger partial charge in [0, 0.05) is 7.05 Å². The summed E-state index contributed by atoms with van der Waals surface area (Å²) in [6, 6.07) is 3.05. The molecular formula is C11H11N5O3. The van der Waals surface area contributed by atoms with Gasteiger partial charge in [-0.2, -0.15) is 0 Å². The maximum absolute atomic E-state index is 10.7. The van der Waals surface area contributed by atoms with Crippen LogP contribution in [0.3, 0.4) is 0 Å². The molecule has 0 saturated carbocycles. The smallest absolute Gasteiger partial charge is 0.406 e. The second-order valence-corrected chi connectivity index (χ2v) is 3.51. The molecule has 1 N–H and O–H groups in total. The molecule has 0 bridgehead atoms. The molecule has 2 rings (SSSR count). The van der Waals surface area contributed by atoms with Crippen molar-refractivity contribution in [3.63, 3.8) is 0 Å². The van der Waals surface area contributed by atoms with Crippen LogP contribution >= 0.6 is 0 Å². The lowest BCUT2D eigenvalue weighted by atomic mass is 10.4. The van der Waals surface area contributed by atoms with Gasteiger partial charge in [0.05, 0.1) is 18.1 Å². The molecule has 0 aliphatic rings. The average Bonchev–Trinajstić information content (AvgIpc) is 2.46. The zero-order valence-electron chi connectivity index (χ0n) is 10.1. The van der Waals surface area contributed by atoms with E-state index >= 15 is 0 Å². The van der Waals surface area contributed by atoms with E-state index in [-0.39, 0.29) is 18.2 Å². The number of nitro groups is 1. The zero-order chi connectivity index (χ0) is 13.7. The second kappa shape index (κ2) is 5.71. The van der Waals surface area contributed by atoms with Crippen molar-refractivity contribution in [1.29, 1.82) is 0 Å². The highest BCUT2D eigenvalue weighted by Gasteiger charge is 2.15. The van der Waals surface area contributed by atoms with Crippen molar-refractivity contribution in [3.8, 4) is 5.75 Å². The van der Waals surface area contributed by atoms with Crippen LogP contribution in [-0.4, -0.2) is 26.9 Å². The highest BCUT2D eigenvalue weighted by molar-refractivity contribution is 5.38. The van der Waals surface area contributed by atoms with Crippen molar-refractivity contribution >= 4 is 11.6 Å². The van der Waals surface area contributed by atoms with Crippen LogP contribution in [0.4, 0.5) is 11.6 Å². The fourth-order valence-corrected chi connectivity index (χ4v) is 1.34. The third kappa shape index (κ3) is 3.12. The molecule has 0 atom stereocenters. The summed E-state index contributed by atoms with van der Waals surface area (Å²) in [6.07, 6.45) is 4.43. The van der Waals surface area contributed by atoms with Crippen molar-refractivity contribution in [3.05, 3.63) is 46.5 Å². The summed E-state index contributed by atoms with van der Waals surface area (Å²) in [5, 5.41) is 13.6. The van der Waals surface area contributed by atoms with Gasteiger partial charge in [-0.15, -0.1) is 0 Å². The van der Waals surface area contributed by atoms with Crippen LogP contribution < -0.4 is 10.1 Å². The maximum atomic E-state index is 10.7. The van der Waals surface area contributed by atoms with Gasteiger partial charge in [0.1, 0.15) is 18.6 Å². The van der Waals surface area contributed by atoms with E-state index in [0.717, 1.165) is 0 Å². The lowest BCUT2D eigenvalue weighted by molar-refractivity contribution is -0.390. The summed E-state index contributed by atoms with van der Waals surface area (Å²) < 4.78 is 5.33. The van der Waals surface area contributed by atoms with Gasteiger partial charge < -0.3 is 20.2 Å². The molecule has 98 valence electrons. The first-order valence-electron chi connectivity index (χ1n) is 5.41. The SMILES string of the molecule is CNc1cnc(COc2cccnc2[N+](=O)[O-])cn1. The number of aromatic nitrogens is 3. The molecule has 2 aromatic heterocycles. The fourth-order valence-electron chi connectivity index (χ4n) is 1.34. The molecule has 0 fully saturated rings. The van der Waals surface area contributed by atoms with Crippen molar-refractivity contribution < 1.29 is 9.66 Å². The van der Waals surface area contributed by atoms with Crippen molar-refractivity contribution in [2.45, 2.75) is 6.61 Å². The summed E-state index contributed by atoms with van der Waals surface area (Å²) in [6.45, 7) is 0.0868. The van der Waals surface area contributed by atoms with Crippen molar-refractivity contribution in [2.75, 3.05) is 12.4 Å². The molecule has 2 aromatic rings. The average molecular weight is 261 g/mol. The van der Waals surface area contributed by atoms with Gasteiger partial charge in [0.25, 0.3) is 0 Å². The minimum Gasteiger partial charge on any atom is -0.479 e. The fraction of sp³-hybridized carbons (Fsp3) is 0.182. The Bertz CT molecular complexity index is 573. The minimum absolute atomic E-state index is 0.0868.